The van der Waals surface area contributed by atoms with Crippen molar-refractivity contribution in [2.75, 3.05) is 6.54 Å². The van der Waals surface area contributed by atoms with Crippen molar-refractivity contribution in [3.63, 3.8) is 0 Å². The second kappa shape index (κ2) is 6.52. The van der Waals surface area contributed by atoms with Gasteiger partial charge in [-0.05, 0) is 40.0 Å². The number of aromatic nitrogens is 2. The van der Waals surface area contributed by atoms with E-state index in [1.54, 1.807) is 10.9 Å². The average molecular weight is 322 g/mol. The van der Waals surface area contributed by atoms with Crippen LogP contribution in [0.1, 0.15) is 22.8 Å². The molecule has 1 aromatic heterocycles. The molecule has 0 aliphatic carbocycles. The van der Waals surface area contributed by atoms with Crippen LogP contribution in [0.5, 0.6) is 0 Å². The monoisotopic (exact) mass is 321 g/mol. The first-order chi connectivity index (χ1) is 9.19. The van der Waals surface area contributed by atoms with Crippen LogP contribution in [0.15, 0.2) is 41.1 Å². The minimum atomic E-state index is -0.0473. The van der Waals surface area contributed by atoms with E-state index in [9.17, 15) is 4.79 Å². The lowest BCUT2D eigenvalue weighted by molar-refractivity contribution is 0.0952. The zero-order chi connectivity index (χ0) is 13.7. The maximum absolute atomic E-state index is 11.9. The highest BCUT2D eigenvalue weighted by atomic mass is 79.9. The van der Waals surface area contributed by atoms with Crippen molar-refractivity contribution >= 4 is 21.8 Å². The lowest BCUT2D eigenvalue weighted by Crippen LogP contribution is -2.27. The van der Waals surface area contributed by atoms with Crippen LogP contribution in [0.4, 0.5) is 0 Å². The van der Waals surface area contributed by atoms with Gasteiger partial charge in [0.25, 0.3) is 5.91 Å². The SMILES string of the molecule is CCc1ccc(C(=O)NCCn2cc(Br)cn2)cc1. The zero-order valence-corrected chi connectivity index (χ0v) is 12.4. The molecule has 0 radical (unpaired) electrons. The van der Waals surface area contributed by atoms with Crippen molar-refractivity contribution in [2.45, 2.75) is 19.9 Å². The maximum Gasteiger partial charge on any atom is 0.251 e. The number of benzene rings is 1. The summed E-state index contributed by atoms with van der Waals surface area (Å²) in [5.74, 6) is -0.0473. The largest absolute Gasteiger partial charge is 0.350 e. The van der Waals surface area contributed by atoms with E-state index in [0.717, 1.165) is 10.9 Å². The van der Waals surface area contributed by atoms with Gasteiger partial charge in [-0.2, -0.15) is 5.10 Å². The van der Waals surface area contributed by atoms with E-state index < -0.39 is 0 Å². The fraction of sp³-hybridized carbons (Fsp3) is 0.286. The van der Waals surface area contributed by atoms with Crippen LogP contribution < -0.4 is 5.32 Å². The molecule has 0 fully saturated rings. The quantitative estimate of drug-likeness (QED) is 0.920. The van der Waals surface area contributed by atoms with Gasteiger partial charge in [0.05, 0.1) is 17.2 Å². The predicted octanol–water partition coefficient (Wildman–Crippen LogP) is 2.64. The maximum atomic E-state index is 11.9. The fourth-order valence-corrected chi connectivity index (χ4v) is 2.07. The topological polar surface area (TPSA) is 46.9 Å². The van der Waals surface area contributed by atoms with Gasteiger partial charge >= 0.3 is 0 Å². The van der Waals surface area contributed by atoms with E-state index in [2.05, 4.69) is 33.3 Å². The summed E-state index contributed by atoms with van der Waals surface area (Å²) in [4.78, 5) is 11.9. The van der Waals surface area contributed by atoms with Crippen LogP contribution in [0, 0.1) is 0 Å². The van der Waals surface area contributed by atoms with Crippen molar-refractivity contribution in [1.82, 2.24) is 15.1 Å². The Morgan fingerprint density at radius 2 is 2.11 bits per heavy atom. The summed E-state index contributed by atoms with van der Waals surface area (Å²) in [7, 11) is 0. The van der Waals surface area contributed by atoms with Gasteiger partial charge in [0.2, 0.25) is 0 Å². The molecular weight excluding hydrogens is 306 g/mol. The summed E-state index contributed by atoms with van der Waals surface area (Å²) in [5, 5.41) is 7.01. The number of aryl methyl sites for hydroxylation is 1. The van der Waals surface area contributed by atoms with Gasteiger partial charge in [-0.25, -0.2) is 0 Å². The lowest BCUT2D eigenvalue weighted by Gasteiger charge is -2.06. The van der Waals surface area contributed by atoms with E-state index in [1.807, 2.05) is 30.5 Å². The summed E-state index contributed by atoms with van der Waals surface area (Å²) in [6.07, 6.45) is 4.59. The van der Waals surface area contributed by atoms with E-state index >= 15 is 0 Å². The van der Waals surface area contributed by atoms with Crippen molar-refractivity contribution in [1.29, 1.82) is 0 Å². The Balaban J connectivity index is 1.83. The summed E-state index contributed by atoms with van der Waals surface area (Å²) in [5.41, 5.74) is 1.93. The number of hydrogen-bond acceptors (Lipinski definition) is 2. The minimum absolute atomic E-state index is 0.0473. The number of halogens is 1. The van der Waals surface area contributed by atoms with Crippen LogP contribution in [-0.4, -0.2) is 22.2 Å². The van der Waals surface area contributed by atoms with Crippen molar-refractivity contribution in [2.24, 2.45) is 0 Å². The predicted molar refractivity (Wildman–Crippen MR) is 78.1 cm³/mol. The second-order valence-corrected chi connectivity index (χ2v) is 5.14. The van der Waals surface area contributed by atoms with E-state index in [0.29, 0.717) is 18.7 Å². The molecule has 0 spiro atoms. The van der Waals surface area contributed by atoms with Crippen LogP contribution in [0.25, 0.3) is 0 Å². The van der Waals surface area contributed by atoms with E-state index in [4.69, 9.17) is 0 Å². The Morgan fingerprint density at radius 3 is 2.68 bits per heavy atom. The van der Waals surface area contributed by atoms with Crippen molar-refractivity contribution < 1.29 is 4.79 Å². The van der Waals surface area contributed by atoms with Crippen molar-refractivity contribution in [3.05, 3.63) is 52.3 Å². The number of hydrogen-bond donors (Lipinski definition) is 1. The molecule has 0 saturated carbocycles. The molecule has 2 aromatic rings. The molecule has 19 heavy (non-hydrogen) atoms. The average Bonchev–Trinajstić information content (AvgIpc) is 2.84. The smallest absolute Gasteiger partial charge is 0.251 e. The van der Waals surface area contributed by atoms with Gasteiger partial charge in [-0.3, -0.25) is 9.48 Å². The van der Waals surface area contributed by atoms with Gasteiger partial charge in [-0.15, -0.1) is 0 Å². The molecule has 1 aromatic carbocycles. The number of nitrogens with one attached hydrogen (secondary N) is 1. The first kappa shape index (κ1) is 13.8. The molecule has 0 bridgehead atoms. The summed E-state index contributed by atoms with van der Waals surface area (Å²) >= 11 is 3.33. The molecule has 1 N–H and O–H groups in total. The van der Waals surface area contributed by atoms with Gasteiger partial charge in [-0.1, -0.05) is 19.1 Å². The van der Waals surface area contributed by atoms with Crippen LogP contribution >= 0.6 is 15.9 Å². The highest BCUT2D eigenvalue weighted by molar-refractivity contribution is 9.10. The van der Waals surface area contributed by atoms with Crippen molar-refractivity contribution in [3.8, 4) is 0 Å². The number of carbonyl (C=O) groups is 1. The Kier molecular flexibility index (Phi) is 4.74. The number of nitrogens with zero attached hydrogens (tertiary/aromatic N) is 2. The Morgan fingerprint density at radius 1 is 1.37 bits per heavy atom. The van der Waals surface area contributed by atoms with Gasteiger partial charge in [0.1, 0.15) is 0 Å². The fourth-order valence-electron chi connectivity index (χ4n) is 1.74. The third kappa shape index (κ3) is 3.92. The Labute approximate surface area is 120 Å². The molecule has 0 saturated heterocycles. The van der Waals surface area contributed by atoms with Crippen LogP contribution in [-0.2, 0) is 13.0 Å². The lowest BCUT2D eigenvalue weighted by atomic mass is 10.1. The molecule has 0 unspecified atom stereocenters. The molecule has 0 aliphatic heterocycles. The third-order valence-corrected chi connectivity index (χ3v) is 3.26. The molecule has 0 aliphatic rings. The van der Waals surface area contributed by atoms with Gasteiger partial charge < -0.3 is 5.32 Å². The highest BCUT2D eigenvalue weighted by Crippen LogP contribution is 2.06. The van der Waals surface area contributed by atoms with Gasteiger partial charge in [0.15, 0.2) is 0 Å². The van der Waals surface area contributed by atoms with E-state index in [1.165, 1.54) is 5.56 Å². The Bertz CT molecular complexity index is 548. The van der Waals surface area contributed by atoms with Crippen LogP contribution in [0.2, 0.25) is 0 Å². The minimum Gasteiger partial charge on any atom is -0.350 e. The normalized spacial score (nSPS) is 10.4. The number of carbonyl (C=O) groups excluding carboxylic acids is 1. The van der Waals surface area contributed by atoms with E-state index in [-0.39, 0.29) is 5.91 Å². The van der Waals surface area contributed by atoms with Gasteiger partial charge in [0, 0.05) is 18.3 Å². The third-order valence-electron chi connectivity index (χ3n) is 2.85. The molecule has 100 valence electrons. The van der Waals surface area contributed by atoms with Crippen LogP contribution in [0.3, 0.4) is 0 Å². The molecule has 5 heteroatoms. The first-order valence-electron chi connectivity index (χ1n) is 6.24. The molecule has 0 atom stereocenters. The summed E-state index contributed by atoms with van der Waals surface area (Å²) in [6, 6.07) is 7.69. The summed E-state index contributed by atoms with van der Waals surface area (Å²) in [6.45, 7) is 3.31. The molecule has 4 nitrogen and oxygen atoms in total. The Hall–Kier alpha value is -1.62. The number of amides is 1. The summed E-state index contributed by atoms with van der Waals surface area (Å²) < 4.78 is 2.72. The molecule has 1 amide bonds. The molecular formula is C14H16BrN3O. The highest BCUT2D eigenvalue weighted by Gasteiger charge is 2.04. The standard InChI is InChI=1S/C14H16BrN3O/c1-2-11-3-5-12(6-4-11)14(19)16-7-8-18-10-13(15)9-17-18/h3-6,9-10H,2,7-8H2,1H3,(H,16,19). The molecule has 1 heterocycles. The zero-order valence-electron chi connectivity index (χ0n) is 10.8. The second-order valence-electron chi connectivity index (χ2n) is 4.23. The number of rotatable bonds is 5. The molecule has 2 rings (SSSR count). The first-order valence-corrected chi connectivity index (χ1v) is 7.03.